The summed E-state index contributed by atoms with van der Waals surface area (Å²) in [7, 11) is 0. The monoisotopic (exact) mass is 293 g/mol. The zero-order chi connectivity index (χ0) is 15.2. The van der Waals surface area contributed by atoms with Crippen LogP contribution in [0, 0.1) is 11.7 Å². The Kier molecular flexibility index (Phi) is 6.12. The molecule has 118 valence electrons. The highest BCUT2D eigenvalue weighted by molar-refractivity contribution is 5.11. The third kappa shape index (κ3) is 4.75. The lowest BCUT2D eigenvalue weighted by Crippen LogP contribution is -2.37. The molecule has 0 amide bonds. The minimum Gasteiger partial charge on any atom is -0.309 e. The Hall–Kier alpha value is -1.00. The summed E-state index contributed by atoms with van der Waals surface area (Å²) in [5, 5.41) is 3.51. The van der Waals surface area contributed by atoms with E-state index in [-0.39, 0.29) is 11.9 Å². The zero-order valence-corrected chi connectivity index (χ0v) is 13.5. The molecule has 2 atom stereocenters. The minimum absolute atomic E-state index is 0.189. The molecule has 1 fully saturated rings. The van der Waals surface area contributed by atoms with Crippen molar-refractivity contribution in [2.75, 3.05) is 19.6 Å². The fourth-order valence-electron chi connectivity index (χ4n) is 3.01. The first-order valence-corrected chi connectivity index (χ1v) is 8.24. The van der Waals surface area contributed by atoms with Gasteiger partial charge in [-0.25, -0.2) is 4.39 Å². The van der Waals surface area contributed by atoms with E-state index in [2.05, 4.69) is 36.0 Å². The highest BCUT2D eigenvalue weighted by Crippen LogP contribution is 2.30. The van der Waals surface area contributed by atoms with Crippen LogP contribution in [-0.4, -0.2) is 35.6 Å². The highest BCUT2D eigenvalue weighted by atomic mass is 19.1. The van der Waals surface area contributed by atoms with Gasteiger partial charge in [0.05, 0.1) is 17.9 Å². The summed E-state index contributed by atoms with van der Waals surface area (Å²) >= 11 is 0. The van der Waals surface area contributed by atoms with E-state index >= 15 is 0 Å². The molecule has 0 bridgehead atoms. The summed E-state index contributed by atoms with van der Waals surface area (Å²) < 4.78 is 13.1. The van der Waals surface area contributed by atoms with Gasteiger partial charge in [0.15, 0.2) is 0 Å². The van der Waals surface area contributed by atoms with E-state index in [0.29, 0.717) is 5.92 Å². The molecular formula is C17H28FN3. The third-order valence-electron chi connectivity index (χ3n) is 4.16. The van der Waals surface area contributed by atoms with Gasteiger partial charge >= 0.3 is 0 Å². The smallest absolute Gasteiger partial charge is 0.141 e. The molecule has 1 aliphatic carbocycles. The fourth-order valence-corrected chi connectivity index (χ4v) is 3.01. The van der Waals surface area contributed by atoms with Gasteiger partial charge in [-0.05, 0) is 50.4 Å². The van der Waals surface area contributed by atoms with E-state index in [0.717, 1.165) is 24.8 Å². The van der Waals surface area contributed by atoms with Gasteiger partial charge in [0.25, 0.3) is 0 Å². The molecule has 1 heterocycles. The van der Waals surface area contributed by atoms with Crippen LogP contribution >= 0.6 is 0 Å². The Labute approximate surface area is 127 Å². The maximum absolute atomic E-state index is 13.1. The number of pyridine rings is 1. The number of hydrogen-bond acceptors (Lipinski definition) is 3. The van der Waals surface area contributed by atoms with E-state index in [1.807, 2.05) is 0 Å². The van der Waals surface area contributed by atoms with Gasteiger partial charge in [0, 0.05) is 12.6 Å². The molecule has 0 saturated heterocycles. The largest absolute Gasteiger partial charge is 0.309 e. The molecule has 2 rings (SSSR count). The molecule has 1 aliphatic rings. The molecule has 2 unspecified atom stereocenters. The Balaban J connectivity index is 2.03. The normalized spacial score (nSPS) is 18.0. The average Bonchev–Trinajstić information content (AvgIpc) is 3.30. The van der Waals surface area contributed by atoms with Crippen molar-refractivity contribution in [1.29, 1.82) is 0 Å². The lowest BCUT2D eigenvalue weighted by atomic mass is 9.97. The van der Waals surface area contributed by atoms with Gasteiger partial charge in [-0.15, -0.1) is 0 Å². The van der Waals surface area contributed by atoms with Gasteiger partial charge < -0.3 is 10.2 Å². The van der Waals surface area contributed by atoms with Crippen LogP contribution < -0.4 is 5.32 Å². The molecule has 0 spiro atoms. The van der Waals surface area contributed by atoms with Gasteiger partial charge in [0.1, 0.15) is 5.82 Å². The average molecular weight is 293 g/mol. The first kappa shape index (κ1) is 16.4. The topological polar surface area (TPSA) is 28.2 Å². The summed E-state index contributed by atoms with van der Waals surface area (Å²) in [6.07, 6.45) is 5.20. The van der Waals surface area contributed by atoms with Crippen LogP contribution in [0.25, 0.3) is 0 Å². The Morgan fingerprint density at radius 2 is 2.14 bits per heavy atom. The standard InChI is InChI=1S/C17H28FN3/c1-4-10-21(15-7-8-15)12-13(3)17(19-5-2)16-9-6-14(18)11-20-16/h6,9,11,13,15,17,19H,4-5,7-8,10,12H2,1-3H3. The first-order chi connectivity index (χ1) is 10.2. The summed E-state index contributed by atoms with van der Waals surface area (Å²) in [6.45, 7) is 9.76. The predicted octanol–water partition coefficient (Wildman–Crippen LogP) is 3.38. The molecule has 1 aromatic heterocycles. The molecule has 1 N–H and O–H groups in total. The van der Waals surface area contributed by atoms with Crippen LogP contribution in [0.2, 0.25) is 0 Å². The summed E-state index contributed by atoms with van der Waals surface area (Å²) in [5.41, 5.74) is 0.943. The SMILES string of the molecule is CCCN(CC(C)C(NCC)c1ccc(F)cn1)C1CC1. The lowest BCUT2D eigenvalue weighted by molar-refractivity contribution is 0.202. The molecular weight excluding hydrogens is 265 g/mol. The fraction of sp³-hybridized carbons (Fsp3) is 0.706. The van der Waals surface area contributed by atoms with Gasteiger partial charge in [-0.3, -0.25) is 4.98 Å². The van der Waals surface area contributed by atoms with E-state index in [9.17, 15) is 4.39 Å². The summed E-state index contributed by atoms with van der Waals surface area (Å²) in [5.74, 6) is 0.183. The van der Waals surface area contributed by atoms with Crippen LogP contribution in [0.4, 0.5) is 4.39 Å². The van der Waals surface area contributed by atoms with E-state index in [1.54, 1.807) is 6.07 Å². The Bertz CT molecular complexity index is 417. The first-order valence-electron chi connectivity index (χ1n) is 8.24. The van der Waals surface area contributed by atoms with Gasteiger partial charge in [0.2, 0.25) is 0 Å². The third-order valence-corrected chi connectivity index (χ3v) is 4.16. The van der Waals surface area contributed by atoms with E-state index in [4.69, 9.17) is 0 Å². The summed E-state index contributed by atoms with van der Waals surface area (Å²) in [4.78, 5) is 6.89. The zero-order valence-electron chi connectivity index (χ0n) is 13.5. The molecule has 21 heavy (non-hydrogen) atoms. The van der Waals surface area contributed by atoms with Gasteiger partial charge in [-0.1, -0.05) is 20.8 Å². The van der Waals surface area contributed by atoms with Crippen molar-refractivity contribution in [3.8, 4) is 0 Å². The second-order valence-corrected chi connectivity index (χ2v) is 6.14. The van der Waals surface area contributed by atoms with Crippen LogP contribution in [0.3, 0.4) is 0 Å². The van der Waals surface area contributed by atoms with Crippen molar-refractivity contribution in [1.82, 2.24) is 15.2 Å². The number of rotatable bonds is 9. The van der Waals surface area contributed by atoms with Crippen molar-refractivity contribution in [2.45, 2.75) is 52.1 Å². The Morgan fingerprint density at radius 3 is 2.67 bits per heavy atom. The predicted molar refractivity (Wildman–Crippen MR) is 84.7 cm³/mol. The van der Waals surface area contributed by atoms with Crippen molar-refractivity contribution in [2.24, 2.45) is 5.92 Å². The molecule has 1 saturated carbocycles. The van der Waals surface area contributed by atoms with Crippen LogP contribution in [0.15, 0.2) is 18.3 Å². The molecule has 3 nitrogen and oxygen atoms in total. The number of halogens is 1. The van der Waals surface area contributed by atoms with Crippen LogP contribution in [0.5, 0.6) is 0 Å². The maximum Gasteiger partial charge on any atom is 0.141 e. The second kappa shape index (κ2) is 7.85. The number of nitrogens with zero attached hydrogens (tertiary/aromatic N) is 2. The number of nitrogens with one attached hydrogen (secondary N) is 1. The number of aromatic nitrogens is 1. The van der Waals surface area contributed by atoms with Crippen molar-refractivity contribution in [3.05, 3.63) is 29.8 Å². The number of hydrogen-bond donors (Lipinski definition) is 1. The highest BCUT2D eigenvalue weighted by Gasteiger charge is 2.31. The molecule has 0 aliphatic heterocycles. The van der Waals surface area contributed by atoms with Crippen molar-refractivity contribution in [3.63, 3.8) is 0 Å². The van der Waals surface area contributed by atoms with E-state index < -0.39 is 0 Å². The summed E-state index contributed by atoms with van der Waals surface area (Å²) in [6, 6.07) is 4.29. The molecule has 1 aromatic rings. The van der Waals surface area contributed by atoms with Crippen LogP contribution in [0.1, 0.15) is 51.8 Å². The molecule has 0 aromatic carbocycles. The Morgan fingerprint density at radius 1 is 1.38 bits per heavy atom. The van der Waals surface area contributed by atoms with Gasteiger partial charge in [-0.2, -0.15) is 0 Å². The minimum atomic E-state index is -0.271. The van der Waals surface area contributed by atoms with Crippen molar-refractivity contribution >= 4 is 0 Å². The maximum atomic E-state index is 13.1. The van der Waals surface area contributed by atoms with Crippen molar-refractivity contribution < 1.29 is 4.39 Å². The molecule has 0 radical (unpaired) electrons. The quantitative estimate of drug-likeness (QED) is 0.756. The lowest BCUT2D eigenvalue weighted by Gasteiger charge is -2.30. The molecule has 4 heteroatoms. The van der Waals surface area contributed by atoms with E-state index in [1.165, 1.54) is 38.1 Å². The second-order valence-electron chi connectivity index (χ2n) is 6.14. The van der Waals surface area contributed by atoms with Crippen LogP contribution in [-0.2, 0) is 0 Å².